The molecular formula is C17H13ClF3N3O3. The topological polar surface area (TPSA) is 69.4 Å². The van der Waals surface area contributed by atoms with Crippen molar-refractivity contribution in [3.05, 3.63) is 53.1 Å². The van der Waals surface area contributed by atoms with Gasteiger partial charge < -0.3 is 19.3 Å². The van der Waals surface area contributed by atoms with Gasteiger partial charge in [-0.2, -0.15) is 13.8 Å². The first-order chi connectivity index (χ1) is 13.0. The van der Waals surface area contributed by atoms with Crippen LogP contribution in [0.15, 0.2) is 40.9 Å². The largest absolute Gasteiger partial charge is 0.493 e. The van der Waals surface area contributed by atoms with Crippen molar-refractivity contribution in [1.82, 2.24) is 10.1 Å². The lowest BCUT2D eigenvalue weighted by atomic mass is 10.2. The van der Waals surface area contributed by atoms with Gasteiger partial charge in [-0.25, -0.2) is 4.39 Å². The summed E-state index contributed by atoms with van der Waals surface area (Å²) >= 11 is 5.72. The van der Waals surface area contributed by atoms with E-state index in [0.29, 0.717) is 5.56 Å². The summed E-state index contributed by atoms with van der Waals surface area (Å²) in [5.41, 5.74) is 0.662. The number of methoxy groups -OCH3 is 1. The van der Waals surface area contributed by atoms with Gasteiger partial charge in [0.15, 0.2) is 17.3 Å². The Morgan fingerprint density at radius 3 is 2.78 bits per heavy atom. The molecule has 0 saturated carbocycles. The molecule has 0 atom stereocenters. The zero-order chi connectivity index (χ0) is 19.4. The minimum Gasteiger partial charge on any atom is -0.493 e. The highest BCUT2D eigenvalue weighted by atomic mass is 35.5. The Kier molecular flexibility index (Phi) is 5.70. The molecule has 0 bridgehead atoms. The molecule has 3 rings (SSSR count). The molecule has 0 radical (unpaired) electrons. The fraction of sp³-hybridized carbons (Fsp3) is 0.176. The van der Waals surface area contributed by atoms with Crippen LogP contribution < -0.4 is 14.8 Å². The summed E-state index contributed by atoms with van der Waals surface area (Å²) in [6, 6.07) is 8.79. The first-order valence-corrected chi connectivity index (χ1v) is 7.99. The van der Waals surface area contributed by atoms with E-state index in [-0.39, 0.29) is 40.5 Å². The second-order valence-corrected chi connectivity index (χ2v) is 5.62. The van der Waals surface area contributed by atoms with Gasteiger partial charge in [-0.05, 0) is 30.3 Å². The first-order valence-electron chi connectivity index (χ1n) is 7.61. The van der Waals surface area contributed by atoms with Gasteiger partial charge in [0.1, 0.15) is 0 Å². The number of halogens is 4. The number of alkyl halides is 2. The second kappa shape index (κ2) is 8.17. The highest BCUT2D eigenvalue weighted by Crippen LogP contribution is 2.32. The molecule has 0 fully saturated rings. The Labute approximate surface area is 156 Å². The standard InChI is InChI=1S/C17H13ClF3N3O3/c1-25-13-7-9(5-6-12(13)26-17(20)21)16-23-14(27-24-16)8-22-11-4-2-3-10(18)15(11)19/h2-7,17,22H,8H2,1H3. The average Bonchev–Trinajstić information content (AvgIpc) is 3.12. The molecule has 1 N–H and O–H groups in total. The van der Waals surface area contributed by atoms with E-state index in [4.69, 9.17) is 20.9 Å². The lowest BCUT2D eigenvalue weighted by Gasteiger charge is -2.10. The Morgan fingerprint density at radius 1 is 1.22 bits per heavy atom. The van der Waals surface area contributed by atoms with Gasteiger partial charge in [-0.1, -0.05) is 22.8 Å². The summed E-state index contributed by atoms with van der Waals surface area (Å²) in [5.74, 6) is -0.203. The highest BCUT2D eigenvalue weighted by molar-refractivity contribution is 6.31. The Morgan fingerprint density at radius 2 is 2.04 bits per heavy atom. The lowest BCUT2D eigenvalue weighted by Crippen LogP contribution is -2.03. The maximum absolute atomic E-state index is 13.8. The van der Waals surface area contributed by atoms with Crippen LogP contribution in [0.5, 0.6) is 11.5 Å². The quantitative estimate of drug-likeness (QED) is 0.618. The lowest BCUT2D eigenvalue weighted by molar-refractivity contribution is -0.0512. The Balaban J connectivity index is 1.74. The minimum atomic E-state index is -2.97. The van der Waals surface area contributed by atoms with E-state index in [0.717, 1.165) is 0 Å². The van der Waals surface area contributed by atoms with Crippen molar-refractivity contribution < 1.29 is 27.2 Å². The first kappa shape index (κ1) is 18.8. The third kappa shape index (κ3) is 4.43. The summed E-state index contributed by atoms with van der Waals surface area (Å²) in [6.45, 7) is -2.91. The molecule has 6 nitrogen and oxygen atoms in total. The summed E-state index contributed by atoms with van der Waals surface area (Å²) < 4.78 is 53.1. The van der Waals surface area contributed by atoms with E-state index < -0.39 is 12.4 Å². The van der Waals surface area contributed by atoms with Gasteiger partial charge in [0.25, 0.3) is 0 Å². The molecule has 0 aliphatic carbocycles. The van der Waals surface area contributed by atoms with Crippen LogP contribution in [0.4, 0.5) is 18.9 Å². The number of benzene rings is 2. The normalized spacial score (nSPS) is 10.9. The zero-order valence-electron chi connectivity index (χ0n) is 13.9. The Hall–Kier alpha value is -2.94. The van der Waals surface area contributed by atoms with Crippen molar-refractivity contribution in [2.24, 2.45) is 0 Å². The van der Waals surface area contributed by atoms with E-state index in [1.54, 1.807) is 6.07 Å². The number of hydrogen-bond donors (Lipinski definition) is 1. The van der Waals surface area contributed by atoms with Crippen molar-refractivity contribution in [2.75, 3.05) is 12.4 Å². The molecule has 0 saturated heterocycles. The van der Waals surface area contributed by atoms with Crippen LogP contribution in [-0.4, -0.2) is 23.9 Å². The van der Waals surface area contributed by atoms with Crippen molar-refractivity contribution in [3.63, 3.8) is 0 Å². The van der Waals surface area contributed by atoms with Gasteiger partial charge in [0.2, 0.25) is 11.7 Å². The molecule has 0 spiro atoms. The molecular weight excluding hydrogens is 387 g/mol. The number of nitrogens with zero attached hydrogens (tertiary/aromatic N) is 2. The van der Waals surface area contributed by atoms with E-state index in [1.807, 2.05) is 0 Å². The molecule has 0 unspecified atom stereocenters. The molecule has 0 aliphatic rings. The molecule has 3 aromatic rings. The average molecular weight is 400 g/mol. The van der Waals surface area contributed by atoms with Crippen molar-refractivity contribution >= 4 is 17.3 Å². The van der Waals surface area contributed by atoms with Crippen molar-refractivity contribution in [3.8, 4) is 22.9 Å². The second-order valence-electron chi connectivity index (χ2n) is 5.21. The summed E-state index contributed by atoms with van der Waals surface area (Å²) in [4.78, 5) is 4.17. The fourth-order valence-corrected chi connectivity index (χ4v) is 2.43. The molecule has 1 aromatic heterocycles. The van der Waals surface area contributed by atoms with E-state index >= 15 is 0 Å². The number of ether oxygens (including phenoxy) is 2. The fourth-order valence-electron chi connectivity index (χ4n) is 2.26. The van der Waals surface area contributed by atoms with Crippen LogP contribution in [-0.2, 0) is 6.54 Å². The third-order valence-electron chi connectivity index (χ3n) is 3.49. The third-order valence-corrected chi connectivity index (χ3v) is 3.78. The predicted octanol–water partition coefficient (Wildman–Crippen LogP) is 4.75. The Bertz CT molecular complexity index is 937. The van der Waals surface area contributed by atoms with Crippen LogP contribution in [0.1, 0.15) is 5.89 Å². The van der Waals surface area contributed by atoms with Crippen LogP contribution in [0, 0.1) is 5.82 Å². The summed E-state index contributed by atoms with van der Waals surface area (Å²) in [7, 11) is 1.32. The molecule has 27 heavy (non-hydrogen) atoms. The van der Waals surface area contributed by atoms with Crippen LogP contribution in [0.2, 0.25) is 5.02 Å². The van der Waals surface area contributed by atoms with Gasteiger partial charge in [0.05, 0.1) is 24.4 Å². The van der Waals surface area contributed by atoms with Gasteiger partial charge in [-0.15, -0.1) is 0 Å². The molecule has 0 amide bonds. The molecule has 2 aromatic carbocycles. The van der Waals surface area contributed by atoms with Gasteiger partial charge in [0, 0.05) is 5.56 Å². The maximum atomic E-state index is 13.8. The SMILES string of the molecule is COc1cc(-c2noc(CNc3cccc(Cl)c3F)n2)ccc1OC(F)F. The summed E-state index contributed by atoms with van der Waals surface area (Å²) in [5, 5.41) is 6.61. The number of hydrogen-bond acceptors (Lipinski definition) is 6. The highest BCUT2D eigenvalue weighted by Gasteiger charge is 2.15. The zero-order valence-corrected chi connectivity index (χ0v) is 14.6. The monoisotopic (exact) mass is 399 g/mol. The maximum Gasteiger partial charge on any atom is 0.387 e. The van der Waals surface area contributed by atoms with Crippen LogP contribution in [0.25, 0.3) is 11.4 Å². The summed E-state index contributed by atoms with van der Waals surface area (Å²) in [6.07, 6.45) is 0. The van der Waals surface area contributed by atoms with E-state index in [2.05, 4.69) is 20.2 Å². The smallest absolute Gasteiger partial charge is 0.387 e. The number of nitrogens with one attached hydrogen (secondary N) is 1. The van der Waals surface area contributed by atoms with Crippen LogP contribution >= 0.6 is 11.6 Å². The minimum absolute atomic E-state index is 0.00980. The molecule has 1 heterocycles. The van der Waals surface area contributed by atoms with Crippen molar-refractivity contribution in [2.45, 2.75) is 13.2 Å². The molecule has 0 aliphatic heterocycles. The molecule has 142 valence electrons. The van der Waals surface area contributed by atoms with E-state index in [9.17, 15) is 13.2 Å². The number of anilines is 1. The van der Waals surface area contributed by atoms with Gasteiger partial charge in [-0.3, -0.25) is 0 Å². The van der Waals surface area contributed by atoms with Crippen molar-refractivity contribution in [1.29, 1.82) is 0 Å². The van der Waals surface area contributed by atoms with Crippen LogP contribution in [0.3, 0.4) is 0 Å². The van der Waals surface area contributed by atoms with Gasteiger partial charge >= 0.3 is 6.61 Å². The predicted molar refractivity (Wildman–Crippen MR) is 91.7 cm³/mol. The molecule has 10 heteroatoms. The van der Waals surface area contributed by atoms with E-state index in [1.165, 1.54) is 37.4 Å². The number of aromatic nitrogens is 2. The number of rotatable bonds is 7.